The molecule has 9 heteroatoms. The van der Waals surface area contributed by atoms with Gasteiger partial charge in [0.1, 0.15) is 18.6 Å². The molecule has 244 valence electrons. The van der Waals surface area contributed by atoms with Gasteiger partial charge in [0.2, 0.25) is 5.75 Å². The number of piperidine rings is 1. The zero-order valence-corrected chi connectivity index (χ0v) is 26.0. The van der Waals surface area contributed by atoms with E-state index in [1.54, 1.807) is 18.2 Å². The van der Waals surface area contributed by atoms with Gasteiger partial charge in [0.15, 0.2) is 23.0 Å². The first-order valence-electron chi connectivity index (χ1n) is 16.3. The Balaban J connectivity index is 1.27. The van der Waals surface area contributed by atoms with Crippen LogP contribution in [0.4, 0.5) is 0 Å². The van der Waals surface area contributed by atoms with Gasteiger partial charge < -0.3 is 35.2 Å². The maximum atomic E-state index is 13.2. The van der Waals surface area contributed by atoms with Gasteiger partial charge in [0, 0.05) is 30.2 Å². The fourth-order valence-corrected chi connectivity index (χ4v) is 7.62. The molecule has 1 fully saturated rings. The smallest absolute Gasteiger partial charge is 0.200 e. The lowest BCUT2D eigenvalue weighted by Crippen LogP contribution is -2.36. The Hall–Kier alpha value is -4.05. The summed E-state index contributed by atoms with van der Waals surface area (Å²) in [6, 6.07) is 16.8. The molecule has 9 nitrogen and oxygen atoms in total. The van der Waals surface area contributed by atoms with Crippen molar-refractivity contribution in [1.29, 1.82) is 0 Å². The standard InChI is InChI=1S/C37H44N2O7/c38-21-45-33-17-23(7-11-30(33)41)6-9-26(40)19-31(42)28-10-8-24-18-25(16-22-4-2-1-3-5-22)34(28)29-20-32(43)36(44)37(35(24)29)46-27-12-14-39-15-13-27/h1-5,7-8,10-11,17,20,24-25,27-28,31,34,39,41-44H,6,9,12-16,18-19,21,38H2/t24-,25-,28+,31+,34+/m1/s1. The number of carbonyl (C=O) groups excluding carboxylic acids is 1. The van der Waals surface area contributed by atoms with Crippen molar-refractivity contribution >= 4 is 5.78 Å². The SMILES string of the molecule is NCOc1cc(CCC(=O)C[C@H](O)[C@@H]2C=C[C@@H]3C[C@@H](Cc4ccccc4)[C@@H]2c2cc(O)c(O)c(OC4CCNCC4)c23)ccc1O. The van der Waals surface area contributed by atoms with Gasteiger partial charge in [0.05, 0.1) is 6.10 Å². The van der Waals surface area contributed by atoms with Gasteiger partial charge in [-0.25, -0.2) is 0 Å². The van der Waals surface area contributed by atoms with Gasteiger partial charge in [-0.15, -0.1) is 0 Å². The number of aryl methyl sites for hydroxylation is 1. The second-order valence-electron chi connectivity index (χ2n) is 12.8. The van der Waals surface area contributed by atoms with E-state index < -0.39 is 6.10 Å². The lowest BCUT2D eigenvalue weighted by Gasteiger charge is -2.41. The van der Waals surface area contributed by atoms with Gasteiger partial charge in [0.25, 0.3) is 0 Å². The van der Waals surface area contributed by atoms with E-state index in [0.717, 1.165) is 55.5 Å². The Bertz CT molecular complexity index is 1550. The molecule has 0 spiro atoms. The number of rotatable bonds is 12. The Kier molecular flexibility index (Phi) is 9.82. The highest BCUT2D eigenvalue weighted by Crippen LogP contribution is 2.58. The van der Waals surface area contributed by atoms with Crippen LogP contribution in [0.25, 0.3) is 0 Å². The van der Waals surface area contributed by atoms with Gasteiger partial charge in [-0.2, -0.15) is 0 Å². The maximum Gasteiger partial charge on any atom is 0.200 e. The van der Waals surface area contributed by atoms with E-state index in [0.29, 0.717) is 12.2 Å². The van der Waals surface area contributed by atoms with E-state index in [-0.39, 0.29) is 78.1 Å². The topological polar surface area (TPSA) is 154 Å². The molecule has 0 amide bonds. The van der Waals surface area contributed by atoms with Crippen LogP contribution in [0, 0.1) is 11.8 Å². The molecule has 1 saturated heterocycles. The summed E-state index contributed by atoms with van der Waals surface area (Å²) in [4.78, 5) is 13.2. The lowest BCUT2D eigenvalue weighted by molar-refractivity contribution is -0.121. The number of aliphatic hydroxyl groups excluding tert-OH is 1. The number of ether oxygens (including phenoxy) is 2. The normalized spacial score (nSPS) is 23.0. The number of nitrogens with one attached hydrogen (secondary N) is 1. The summed E-state index contributed by atoms with van der Waals surface area (Å²) in [5.41, 5.74) is 9.22. The number of phenolic OH excluding ortho intramolecular Hbond substituents is 3. The lowest BCUT2D eigenvalue weighted by atomic mass is 9.65. The van der Waals surface area contributed by atoms with Crippen LogP contribution in [0.5, 0.6) is 28.7 Å². The molecule has 0 saturated carbocycles. The van der Waals surface area contributed by atoms with Crippen molar-refractivity contribution in [2.75, 3.05) is 19.8 Å². The van der Waals surface area contributed by atoms with Crippen LogP contribution in [-0.2, 0) is 17.6 Å². The molecule has 0 radical (unpaired) electrons. The summed E-state index contributed by atoms with van der Waals surface area (Å²) in [6.45, 7) is 1.58. The molecular formula is C37H44N2O7. The molecule has 2 bridgehead atoms. The number of phenols is 3. The van der Waals surface area contributed by atoms with Crippen molar-refractivity contribution in [2.45, 2.75) is 69.0 Å². The Labute approximate surface area is 269 Å². The Morgan fingerprint density at radius 1 is 0.978 bits per heavy atom. The zero-order chi connectivity index (χ0) is 32.2. The van der Waals surface area contributed by atoms with Crippen LogP contribution in [0.3, 0.4) is 0 Å². The largest absolute Gasteiger partial charge is 0.504 e. The van der Waals surface area contributed by atoms with Crippen LogP contribution < -0.4 is 20.5 Å². The van der Waals surface area contributed by atoms with Crippen molar-refractivity contribution in [1.82, 2.24) is 5.32 Å². The van der Waals surface area contributed by atoms with Gasteiger partial charge >= 0.3 is 0 Å². The number of nitrogens with two attached hydrogens (primary N) is 1. The number of allylic oxidation sites excluding steroid dienone is 1. The van der Waals surface area contributed by atoms with Crippen molar-refractivity contribution in [3.8, 4) is 28.7 Å². The predicted octanol–water partition coefficient (Wildman–Crippen LogP) is 4.80. The number of hydrogen-bond donors (Lipinski definition) is 6. The highest BCUT2D eigenvalue weighted by atomic mass is 16.5. The van der Waals surface area contributed by atoms with Crippen molar-refractivity contribution in [2.24, 2.45) is 17.6 Å². The summed E-state index contributed by atoms with van der Waals surface area (Å²) in [7, 11) is 0. The van der Waals surface area contributed by atoms with Crippen LogP contribution in [0.1, 0.15) is 66.2 Å². The molecule has 1 heterocycles. The Morgan fingerprint density at radius 3 is 2.52 bits per heavy atom. The quantitative estimate of drug-likeness (QED) is 0.0943. The molecule has 1 aliphatic heterocycles. The maximum absolute atomic E-state index is 13.2. The second-order valence-corrected chi connectivity index (χ2v) is 12.8. The fourth-order valence-electron chi connectivity index (χ4n) is 7.62. The van der Waals surface area contributed by atoms with Crippen LogP contribution in [0.2, 0.25) is 0 Å². The third kappa shape index (κ3) is 6.87. The minimum atomic E-state index is -0.947. The molecule has 7 N–H and O–H groups in total. The zero-order valence-electron chi connectivity index (χ0n) is 26.0. The molecular weight excluding hydrogens is 584 g/mol. The minimum Gasteiger partial charge on any atom is -0.504 e. The molecule has 3 aliphatic carbocycles. The molecule has 3 aromatic carbocycles. The van der Waals surface area contributed by atoms with Gasteiger partial charge in [-0.1, -0.05) is 48.6 Å². The second kappa shape index (κ2) is 14.2. The number of carbonyl (C=O) groups is 1. The number of ketones is 1. The molecule has 3 aromatic rings. The summed E-state index contributed by atoms with van der Waals surface area (Å²) in [5, 5.41) is 47.1. The average Bonchev–Trinajstić information content (AvgIpc) is 3.33. The number of benzene rings is 3. The predicted molar refractivity (Wildman–Crippen MR) is 174 cm³/mol. The summed E-state index contributed by atoms with van der Waals surface area (Å²) in [5.74, 6) is -0.471. The third-order valence-electron chi connectivity index (χ3n) is 9.83. The minimum absolute atomic E-state index is 0.0139. The summed E-state index contributed by atoms with van der Waals surface area (Å²) < 4.78 is 11.7. The van der Waals surface area contributed by atoms with E-state index >= 15 is 0 Å². The van der Waals surface area contributed by atoms with Gasteiger partial charge in [-0.05, 0) is 91.9 Å². The molecule has 0 unspecified atom stereocenters. The average molecular weight is 629 g/mol. The first kappa shape index (κ1) is 31.9. The monoisotopic (exact) mass is 628 g/mol. The van der Waals surface area contributed by atoms with Crippen molar-refractivity contribution in [3.05, 3.63) is 89.0 Å². The summed E-state index contributed by atoms with van der Waals surface area (Å²) in [6.07, 6.45) is 6.94. The first-order valence-corrected chi connectivity index (χ1v) is 16.3. The van der Waals surface area contributed by atoms with E-state index in [1.807, 2.05) is 24.3 Å². The molecule has 7 rings (SSSR count). The van der Waals surface area contributed by atoms with Crippen LogP contribution in [-0.4, -0.2) is 58.2 Å². The van der Waals surface area contributed by atoms with Crippen LogP contribution >= 0.6 is 0 Å². The van der Waals surface area contributed by atoms with E-state index in [1.165, 1.54) is 11.6 Å². The molecule has 0 aromatic heterocycles. The number of Topliss-reactive ketones (excluding diaryl/α,β-unsaturated/α-hetero) is 1. The number of hydrogen-bond acceptors (Lipinski definition) is 9. The molecule has 5 atom stereocenters. The fraction of sp³-hybridized carbons (Fsp3) is 0.432. The number of aliphatic hydroxyl groups is 1. The van der Waals surface area contributed by atoms with Crippen molar-refractivity contribution in [3.63, 3.8) is 0 Å². The van der Waals surface area contributed by atoms with Gasteiger partial charge in [-0.3, -0.25) is 10.5 Å². The van der Waals surface area contributed by atoms with E-state index in [2.05, 4.69) is 23.5 Å². The van der Waals surface area contributed by atoms with Crippen molar-refractivity contribution < 1.29 is 34.7 Å². The summed E-state index contributed by atoms with van der Waals surface area (Å²) >= 11 is 0. The molecule has 46 heavy (non-hydrogen) atoms. The molecule has 4 aliphatic rings. The van der Waals surface area contributed by atoms with Crippen LogP contribution in [0.15, 0.2) is 66.7 Å². The van der Waals surface area contributed by atoms with E-state index in [9.17, 15) is 25.2 Å². The van der Waals surface area contributed by atoms with E-state index in [4.69, 9.17) is 15.2 Å². The number of fused-ring (bicyclic) bond motifs is 2. The highest BCUT2D eigenvalue weighted by molar-refractivity contribution is 5.79. The first-order chi connectivity index (χ1) is 22.3. The third-order valence-corrected chi connectivity index (χ3v) is 9.83. The highest BCUT2D eigenvalue weighted by Gasteiger charge is 2.45. The Morgan fingerprint density at radius 2 is 1.76 bits per heavy atom. The number of aromatic hydroxyl groups is 3.